The molecule has 1 aliphatic heterocycles. The zero-order chi connectivity index (χ0) is 12.8. The molecule has 0 bridgehead atoms. The van der Waals surface area contributed by atoms with E-state index in [4.69, 9.17) is 21.7 Å². The summed E-state index contributed by atoms with van der Waals surface area (Å²) in [5.74, 6) is 2.67. The predicted molar refractivity (Wildman–Crippen MR) is 79.8 cm³/mol. The Hall–Kier alpha value is -1.14. The Morgan fingerprint density at radius 3 is 3.06 bits per heavy atom. The zero-order valence-electron chi connectivity index (χ0n) is 10.2. The molecule has 6 heteroatoms. The SMILES string of the molecule is CSCCCNC(=S)Nc1ccc2c(c1)OCO2. The first-order valence-corrected chi connectivity index (χ1v) is 7.53. The highest BCUT2D eigenvalue weighted by atomic mass is 32.2. The van der Waals surface area contributed by atoms with Gasteiger partial charge in [0.2, 0.25) is 6.79 Å². The van der Waals surface area contributed by atoms with E-state index in [0.717, 1.165) is 35.9 Å². The largest absolute Gasteiger partial charge is 0.454 e. The van der Waals surface area contributed by atoms with Crippen LogP contribution in [0.4, 0.5) is 5.69 Å². The lowest BCUT2D eigenvalue weighted by molar-refractivity contribution is 0.174. The number of anilines is 1. The quantitative estimate of drug-likeness (QED) is 0.639. The van der Waals surface area contributed by atoms with Crippen molar-refractivity contribution in [2.24, 2.45) is 0 Å². The molecular weight excluding hydrogens is 268 g/mol. The molecule has 0 spiro atoms. The van der Waals surface area contributed by atoms with Crippen LogP contribution in [0.5, 0.6) is 11.5 Å². The van der Waals surface area contributed by atoms with E-state index >= 15 is 0 Å². The van der Waals surface area contributed by atoms with Crippen LogP contribution < -0.4 is 20.1 Å². The van der Waals surface area contributed by atoms with Gasteiger partial charge >= 0.3 is 0 Å². The van der Waals surface area contributed by atoms with Gasteiger partial charge < -0.3 is 20.1 Å². The van der Waals surface area contributed by atoms with Gasteiger partial charge in [0, 0.05) is 18.3 Å². The molecule has 0 aliphatic carbocycles. The smallest absolute Gasteiger partial charge is 0.231 e. The minimum absolute atomic E-state index is 0.288. The summed E-state index contributed by atoms with van der Waals surface area (Å²) in [5.41, 5.74) is 0.904. The number of fused-ring (bicyclic) bond motifs is 1. The maximum atomic E-state index is 5.31. The Labute approximate surface area is 116 Å². The van der Waals surface area contributed by atoms with Crippen LogP contribution in [0.25, 0.3) is 0 Å². The highest BCUT2D eigenvalue weighted by molar-refractivity contribution is 7.98. The maximum Gasteiger partial charge on any atom is 0.231 e. The summed E-state index contributed by atoms with van der Waals surface area (Å²) in [7, 11) is 0. The fourth-order valence-corrected chi connectivity index (χ4v) is 2.22. The van der Waals surface area contributed by atoms with Crippen LogP contribution in [0.2, 0.25) is 0 Å². The average molecular weight is 284 g/mol. The van der Waals surface area contributed by atoms with Crippen molar-refractivity contribution in [1.29, 1.82) is 0 Å². The molecule has 18 heavy (non-hydrogen) atoms. The molecule has 2 N–H and O–H groups in total. The lowest BCUT2D eigenvalue weighted by atomic mass is 10.3. The molecule has 1 aliphatic rings. The molecule has 0 saturated heterocycles. The van der Waals surface area contributed by atoms with Gasteiger partial charge in [0.25, 0.3) is 0 Å². The topological polar surface area (TPSA) is 42.5 Å². The lowest BCUT2D eigenvalue weighted by Gasteiger charge is -2.10. The first-order valence-electron chi connectivity index (χ1n) is 5.73. The number of thioether (sulfide) groups is 1. The summed E-state index contributed by atoms with van der Waals surface area (Å²) >= 11 is 7.05. The van der Waals surface area contributed by atoms with Gasteiger partial charge in [-0.25, -0.2) is 0 Å². The monoisotopic (exact) mass is 284 g/mol. The van der Waals surface area contributed by atoms with Crippen molar-refractivity contribution >= 4 is 34.8 Å². The molecule has 1 heterocycles. The third-order valence-corrected chi connectivity index (χ3v) is 3.38. The number of rotatable bonds is 5. The van der Waals surface area contributed by atoms with Gasteiger partial charge in [0.1, 0.15) is 0 Å². The van der Waals surface area contributed by atoms with E-state index in [9.17, 15) is 0 Å². The highest BCUT2D eigenvalue weighted by Gasteiger charge is 2.13. The molecule has 98 valence electrons. The Balaban J connectivity index is 1.80. The van der Waals surface area contributed by atoms with Crippen LogP contribution in [0.15, 0.2) is 18.2 Å². The summed E-state index contributed by atoms with van der Waals surface area (Å²) in [5, 5.41) is 6.93. The summed E-state index contributed by atoms with van der Waals surface area (Å²) in [4.78, 5) is 0. The van der Waals surface area contributed by atoms with E-state index in [1.165, 1.54) is 0 Å². The van der Waals surface area contributed by atoms with Crippen LogP contribution in [0.1, 0.15) is 6.42 Å². The first kappa shape index (κ1) is 13.3. The highest BCUT2D eigenvalue weighted by Crippen LogP contribution is 2.34. The second-order valence-electron chi connectivity index (χ2n) is 3.80. The minimum Gasteiger partial charge on any atom is -0.454 e. The molecule has 0 atom stereocenters. The molecule has 2 rings (SSSR count). The summed E-state index contributed by atoms with van der Waals surface area (Å²) in [6.45, 7) is 1.17. The summed E-state index contributed by atoms with van der Waals surface area (Å²) in [6, 6.07) is 5.68. The molecule has 0 radical (unpaired) electrons. The second kappa shape index (κ2) is 6.70. The number of benzene rings is 1. The fourth-order valence-electron chi connectivity index (χ4n) is 1.57. The van der Waals surface area contributed by atoms with E-state index in [1.54, 1.807) is 0 Å². The molecule has 0 saturated carbocycles. The van der Waals surface area contributed by atoms with Gasteiger partial charge in [-0.15, -0.1) is 0 Å². The Kier molecular flexibility index (Phi) is 4.95. The van der Waals surface area contributed by atoms with Crippen molar-refractivity contribution in [3.8, 4) is 11.5 Å². The lowest BCUT2D eigenvalue weighted by Crippen LogP contribution is -2.29. The second-order valence-corrected chi connectivity index (χ2v) is 5.19. The molecule has 0 aromatic heterocycles. The molecule has 1 aromatic rings. The Morgan fingerprint density at radius 2 is 2.22 bits per heavy atom. The third-order valence-electron chi connectivity index (χ3n) is 2.44. The van der Waals surface area contributed by atoms with Gasteiger partial charge in [-0.1, -0.05) is 0 Å². The predicted octanol–water partition coefficient (Wildman–Crippen LogP) is 2.45. The van der Waals surface area contributed by atoms with Crippen molar-refractivity contribution < 1.29 is 9.47 Å². The van der Waals surface area contributed by atoms with Crippen LogP contribution in [0.3, 0.4) is 0 Å². The molecule has 1 aromatic carbocycles. The molecule has 0 fully saturated rings. The number of hydrogen-bond acceptors (Lipinski definition) is 4. The number of ether oxygens (including phenoxy) is 2. The molecule has 0 amide bonds. The van der Waals surface area contributed by atoms with Crippen LogP contribution in [0, 0.1) is 0 Å². The Bertz CT molecular complexity index is 427. The molecular formula is C12H16N2O2S2. The van der Waals surface area contributed by atoms with Gasteiger partial charge in [0.15, 0.2) is 16.6 Å². The van der Waals surface area contributed by atoms with Gasteiger partial charge in [-0.3, -0.25) is 0 Å². The maximum absolute atomic E-state index is 5.31. The standard InChI is InChI=1S/C12H16N2O2S2/c1-18-6-2-5-13-12(17)14-9-3-4-10-11(7-9)16-8-15-10/h3-4,7H,2,5-6,8H2,1H3,(H2,13,14,17). The number of nitrogens with one attached hydrogen (secondary N) is 2. The molecule has 4 nitrogen and oxygen atoms in total. The van der Waals surface area contributed by atoms with Crippen molar-refractivity contribution in [3.63, 3.8) is 0 Å². The van der Waals surface area contributed by atoms with Crippen LogP contribution in [-0.2, 0) is 0 Å². The summed E-state index contributed by atoms with van der Waals surface area (Å²) < 4.78 is 10.6. The van der Waals surface area contributed by atoms with Crippen molar-refractivity contribution in [3.05, 3.63) is 18.2 Å². The molecule has 0 unspecified atom stereocenters. The number of hydrogen-bond donors (Lipinski definition) is 2. The van der Waals surface area contributed by atoms with Crippen molar-refractivity contribution in [1.82, 2.24) is 5.32 Å². The van der Waals surface area contributed by atoms with E-state index in [-0.39, 0.29) is 6.79 Å². The van der Waals surface area contributed by atoms with Crippen LogP contribution in [-0.4, -0.2) is 30.5 Å². The van der Waals surface area contributed by atoms with Crippen molar-refractivity contribution in [2.45, 2.75) is 6.42 Å². The van der Waals surface area contributed by atoms with Gasteiger partial charge in [0.05, 0.1) is 0 Å². The van der Waals surface area contributed by atoms with Crippen molar-refractivity contribution in [2.75, 3.05) is 30.7 Å². The van der Waals surface area contributed by atoms with Crippen LogP contribution >= 0.6 is 24.0 Å². The third kappa shape index (κ3) is 3.68. The summed E-state index contributed by atoms with van der Waals surface area (Å²) in [6.07, 6.45) is 3.20. The van der Waals surface area contributed by atoms with Gasteiger partial charge in [-0.2, -0.15) is 11.8 Å². The minimum atomic E-state index is 0.288. The van der Waals surface area contributed by atoms with E-state index < -0.39 is 0 Å². The number of thiocarbonyl (C=S) groups is 1. The van der Waals surface area contributed by atoms with E-state index in [0.29, 0.717) is 5.11 Å². The Morgan fingerprint density at radius 1 is 1.39 bits per heavy atom. The van der Waals surface area contributed by atoms with E-state index in [2.05, 4.69) is 16.9 Å². The van der Waals surface area contributed by atoms with Gasteiger partial charge in [-0.05, 0) is 42.8 Å². The first-order chi connectivity index (χ1) is 8.79. The normalized spacial score (nSPS) is 12.3. The fraction of sp³-hybridized carbons (Fsp3) is 0.417. The average Bonchev–Trinajstić information content (AvgIpc) is 2.82. The van der Waals surface area contributed by atoms with E-state index in [1.807, 2.05) is 30.0 Å². The zero-order valence-corrected chi connectivity index (χ0v) is 11.8.